The first-order valence-electron chi connectivity index (χ1n) is 7.85. The number of rotatable bonds is 3. The van der Waals surface area contributed by atoms with Crippen LogP contribution >= 0.6 is 23.5 Å². The molecule has 0 radical (unpaired) electrons. The molecule has 0 bridgehead atoms. The lowest BCUT2D eigenvalue weighted by atomic mass is 10.0. The van der Waals surface area contributed by atoms with Gasteiger partial charge in [0.15, 0.2) is 5.78 Å². The monoisotopic (exact) mass is 364 g/mol. The second-order valence-electron chi connectivity index (χ2n) is 5.88. The Labute approximate surface area is 151 Å². The van der Waals surface area contributed by atoms with E-state index in [1.807, 2.05) is 24.0 Å². The summed E-state index contributed by atoms with van der Waals surface area (Å²) in [6.45, 7) is 0. The normalized spacial score (nSPS) is 14.3. The standard InChI is InChI=1S/C18H12N4OS2/c23-17(10-1-2-15-16(6-10)22-25-21-15)14-8-20-18-13(14)5-12(7-19-18)11-3-4-24-9-11/h1-2,5-9H,3-4H2,(H,19,20). The molecule has 7 heteroatoms. The first-order valence-corrected chi connectivity index (χ1v) is 9.63. The molecular formula is C18H12N4OS2. The molecule has 0 fully saturated rings. The van der Waals surface area contributed by atoms with E-state index in [-0.39, 0.29) is 5.78 Å². The average molecular weight is 364 g/mol. The fraction of sp³-hybridized carbons (Fsp3) is 0.111. The number of thioether (sulfide) groups is 1. The Balaban J connectivity index is 1.61. The second kappa shape index (κ2) is 5.79. The summed E-state index contributed by atoms with van der Waals surface area (Å²) in [7, 11) is 0. The Bertz CT molecular complexity index is 1160. The van der Waals surface area contributed by atoms with Crippen LogP contribution in [0.5, 0.6) is 0 Å². The van der Waals surface area contributed by atoms with Crippen LogP contribution in [0.25, 0.3) is 27.6 Å². The summed E-state index contributed by atoms with van der Waals surface area (Å²) in [6, 6.07) is 7.50. The molecule has 0 amide bonds. The Morgan fingerprint density at radius 1 is 1.16 bits per heavy atom. The van der Waals surface area contributed by atoms with Crippen LogP contribution in [0, 0.1) is 0 Å². The molecule has 0 saturated heterocycles. The molecule has 3 aromatic heterocycles. The van der Waals surface area contributed by atoms with Gasteiger partial charge >= 0.3 is 0 Å². The summed E-state index contributed by atoms with van der Waals surface area (Å²) >= 11 is 2.97. The van der Waals surface area contributed by atoms with Crippen molar-refractivity contribution in [2.24, 2.45) is 0 Å². The predicted octanol–water partition coefficient (Wildman–Crippen LogP) is 4.28. The van der Waals surface area contributed by atoms with Gasteiger partial charge in [-0.15, -0.1) is 11.8 Å². The maximum atomic E-state index is 13.0. The molecule has 4 aromatic rings. The van der Waals surface area contributed by atoms with Crippen LogP contribution in [-0.4, -0.2) is 30.3 Å². The number of nitrogens with one attached hydrogen (secondary N) is 1. The lowest BCUT2D eigenvalue weighted by molar-refractivity contribution is 0.104. The SMILES string of the molecule is O=C(c1ccc2nsnc2c1)c1c[nH]c2ncc(C3=CSCC3)cc12. The molecule has 122 valence electrons. The van der Waals surface area contributed by atoms with E-state index in [4.69, 9.17) is 0 Å². The van der Waals surface area contributed by atoms with Crippen molar-refractivity contribution in [3.8, 4) is 0 Å². The molecule has 5 rings (SSSR count). The van der Waals surface area contributed by atoms with Gasteiger partial charge in [0.25, 0.3) is 0 Å². The topological polar surface area (TPSA) is 71.5 Å². The van der Waals surface area contributed by atoms with Crippen LogP contribution in [0.1, 0.15) is 27.9 Å². The highest BCUT2D eigenvalue weighted by Gasteiger charge is 2.17. The zero-order chi connectivity index (χ0) is 16.8. The number of carbonyl (C=O) groups is 1. The van der Waals surface area contributed by atoms with Crippen molar-refractivity contribution in [2.45, 2.75) is 6.42 Å². The average Bonchev–Trinajstić information content (AvgIpc) is 3.39. The maximum Gasteiger partial charge on any atom is 0.195 e. The summed E-state index contributed by atoms with van der Waals surface area (Å²) in [5.74, 6) is 1.07. The predicted molar refractivity (Wildman–Crippen MR) is 102 cm³/mol. The number of aromatic amines is 1. The quantitative estimate of drug-likeness (QED) is 0.550. The van der Waals surface area contributed by atoms with E-state index in [2.05, 4.69) is 30.2 Å². The molecule has 0 unspecified atom stereocenters. The highest BCUT2D eigenvalue weighted by molar-refractivity contribution is 8.02. The summed E-state index contributed by atoms with van der Waals surface area (Å²) in [5.41, 5.74) is 5.92. The molecule has 0 saturated carbocycles. The van der Waals surface area contributed by atoms with Gasteiger partial charge in [-0.2, -0.15) is 8.75 Å². The molecule has 25 heavy (non-hydrogen) atoms. The van der Waals surface area contributed by atoms with Crippen LogP contribution in [0.15, 0.2) is 42.1 Å². The maximum absolute atomic E-state index is 13.0. The van der Waals surface area contributed by atoms with E-state index in [9.17, 15) is 4.79 Å². The van der Waals surface area contributed by atoms with Crippen LogP contribution in [0.4, 0.5) is 0 Å². The molecule has 0 atom stereocenters. The first-order chi connectivity index (χ1) is 12.3. The van der Waals surface area contributed by atoms with Gasteiger partial charge in [0.1, 0.15) is 16.7 Å². The number of carbonyl (C=O) groups excluding carboxylic acids is 1. The van der Waals surface area contributed by atoms with Crippen molar-refractivity contribution in [1.82, 2.24) is 18.7 Å². The van der Waals surface area contributed by atoms with E-state index in [1.54, 1.807) is 18.3 Å². The van der Waals surface area contributed by atoms with Crippen molar-refractivity contribution in [2.75, 3.05) is 5.75 Å². The third-order valence-corrected chi connectivity index (χ3v) is 5.83. The number of H-pyrrole nitrogens is 1. The van der Waals surface area contributed by atoms with Crippen LogP contribution < -0.4 is 0 Å². The van der Waals surface area contributed by atoms with Gasteiger partial charge in [0.05, 0.1) is 11.7 Å². The van der Waals surface area contributed by atoms with Crippen LogP contribution in [0.2, 0.25) is 0 Å². The molecule has 1 N–H and O–H groups in total. The molecule has 5 nitrogen and oxygen atoms in total. The van der Waals surface area contributed by atoms with Crippen molar-refractivity contribution < 1.29 is 4.79 Å². The van der Waals surface area contributed by atoms with Crippen molar-refractivity contribution in [3.05, 3.63) is 58.8 Å². The fourth-order valence-corrected chi connectivity index (χ4v) is 4.47. The van der Waals surface area contributed by atoms with Crippen molar-refractivity contribution in [1.29, 1.82) is 0 Å². The molecule has 0 spiro atoms. The minimum atomic E-state index is -0.0325. The van der Waals surface area contributed by atoms with Gasteiger partial charge in [0, 0.05) is 34.7 Å². The van der Waals surface area contributed by atoms with Gasteiger partial charge in [0.2, 0.25) is 0 Å². The fourth-order valence-electron chi connectivity index (χ4n) is 3.05. The van der Waals surface area contributed by atoms with Gasteiger partial charge in [-0.25, -0.2) is 4.98 Å². The van der Waals surface area contributed by atoms with Gasteiger partial charge in [-0.05, 0) is 47.2 Å². The lowest BCUT2D eigenvalue weighted by Gasteiger charge is -2.03. The summed E-state index contributed by atoms with van der Waals surface area (Å²) in [4.78, 5) is 20.6. The molecule has 4 heterocycles. The number of nitrogens with zero attached hydrogens (tertiary/aromatic N) is 3. The Hall–Kier alpha value is -2.51. The number of hydrogen-bond donors (Lipinski definition) is 1. The van der Waals surface area contributed by atoms with E-state index in [1.165, 1.54) is 5.57 Å². The van der Waals surface area contributed by atoms with E-state index in [0.717, 1.165) is 51.5 Å². The third kappa shape index (κ3) is 2.47. The Morgan fingerprint density at radius 3 is 2.96 bits per heavy atom. The van der Waals surface area contributed by atoms with Gasteiger partial charge < -0.3 is 4.98 Å². The summed E-state index contributed by atoms with van der Waals surface area (Å²) < 4.78 is 8.40. The molecular weight excluding hydrogens is 352 g/mol. The van der Waals surface area contributed by atoms with E-state index in [0.29, 0.717) is 11.1 Å². The molecule has 0 aliphatic carbocycles. The number of aromatic nitrogens is 4. The largest absolute Gasteiger partial charge is 0.345 e. The van der Waals surface area contributed by atoms with Gasteiger partial charge in [-0.3, -0.25) is 4.79 Å². The van der Waals surface area contributed by atoms with Crippen LogP contribution in [-0.2, 0) is 0 Å². The Kier molecular flexibility index (Phi) is 3.43. The number of fused-ring (bicyclic) bond motifs is 2. The zero-order valence-corrected chi connectivity index (χ0v) is 14.7. The highest BCUT2D eigenvalue weighted by Crippen LogP contribution is 2.32. The number of pyridine rings is 1. The molecule has 1 aliphatic rings. The minimum Gasteiger partial charge on any atom is -0.345 e. The van der Waals surface area contributed by atoms with E-state index >= 15 is 0 Å². The van der Waals surface area contributed by atoms with Gasteiger partial charge in [-0.1, -0.05) is 0 Å². The smallest absolute Gasteiger partial charge is 0.195 e. The molecule has 1 aliphatic heterocycles. The number of hydrogen-bond acceptors (Lipinski definition) is 6. The summed E-state index contributed by atoms with van der Waals surface area (Å²) in [6.07, 6.45) is 4.65. The highest BCUT2D eigenvalue weighted by atomic mass is 32.2. The summed E-state index contributed by atoms with van der Waals surface area (Å²) in [5, 5.41) is 3.04. The number of allylic oxidation sites excluding steroid dienone is 1. The minimum absolute atomic E-state index is 0.0325. The van der Waals surface area contributed by atoms with Crippen molar-refractivity contribution in [3.63, 3.8) is 0 Å². The number of benzene rings is 1. The molecule has 1 aromatic carbocycles. The Morgan fingerprint density at radius 2 is 2.08 bits per heavy atom. The van der Waals surface area contributed by atoms with Crippen LogP contribution in [0.3, 0.4) is 0 Å². The van der Waals surface area contributed by atoms with Crippen molar-refractivity contribution >= 4 is 56.9 Å². The zero-order valence-electron chi connectivity index (χ0n) is 13.0. The first kappa shape index (κ1) is 14.8. The third-order valence-electron chi connectivity index (χ3n) is 4.38. The van der Waals surface area contributed by atoms with E-state index < -0.39 is 0 Å². The number of ketones is 1. The lowest BCUT2D eigenvalue weighted by Crippen LogP contribution is -2.00. The second-order valence-corrected chi connectivity index (χ2v) is 7.39.